The molecule has 0 bridgehead atoms. The highest BCUT2D eigenvalue weighted by Gasteiger charge is 2.31. The second-order valence-corrected chi connectivity index (χ2v) is 14.5. The number of hydrogen-bond acceptors (Lipinski definition) is 2. The zero-order valence-electron chi connectivity index (χ0n) is 30.2. The van der Waals surface area contributed by atoms with Gasteiger partial charge in [-0.2, -0.15) is 0 Å². The number of nitrogens with zero attached hydrogens (tertiary/aromatic N) is 1. The molecule has 0 aromatic heterocycles. The normalized spacial score (nSPS) is 13.7. The molecule has 1 N–H and O–H groups in total. The van der Waals surface area contributed by atoms with Crippen LogP contribution in [0.1, 0.15) is 11.7 Å². The van der Waals surface area contributed by atoms with Crippen LogP contribution in [0.3, 0.4) is 0 Å². The third kappa shape index (κ3) is 5.10. The Morgan fingerprint density at radius 2 is 0.873 bits per heavy atom. The fourth-order valence-electron chi connectivity index (χ4n) is 8.95. The zero-order valence-corrected chi connectivity index (χ0v) is 30.2. The van der Waals surface area contributed by atoms with Gasteiger partial charge in [-0.15, -0.1) is 0 Å². The molecule has 1 aliphatic heterocycles. The lowest BCUT2D eigenvalue weighted by Gasteiger charge is -2.27. The first kappa shape index (κ1) is 31.4. The molecule has 0 fully saturated rings. The maximum absolute atomic E-state index is 3.80. The van der Waals surface area contributed by atoms with Crippen LogP contribution in [0, 0.1) is 0 Å². The van der Waals surface area contributed by atoms with Gasteiger partial charge < -0.3 is 10.2 Å². The molecule has 0 radical (unpaired) electrons. The number of nitrogens with one attached hydrogen (secondary N) is 1. The van der Waals surface area contributed by atoms with E-state index < -0.39 is 0 Å². The average molecular weight is 701 g/mol. The molecule has 1 aliphatic rings. The van der Waals surface area contributed by atoms with Crippen LogP contribution in [0.2, 0.25) is 0 Å². The van der Waals surface area contributed by atoms with E-state index in [2.05, 4.69) is 216 Å². The van der Waals surface area contributed by atoms with E-state index >= 15 is 0 Å². The summed E-state index contributed by atoms with van der Waals surface area (Å²) in [5.41, 5.74) is 12.2. The molecule has 0 aliphatic carbocycles. The van der Waals surface area contributed by atoms with E-state index in [0.717, 1.165) is 5.69 Å². The van der Waals surface area contributed by atoms with Gasteiger partial charge in [0.2, 0.25) is 0 Å². The van der Waals surface area contributed by atoms with Gasteiger partial charge in [0.25, 0.3) is 0 Å². The molecule has 11 rings (SSSR count). The molecule has 0 spiro atoms. The molecule has 1 atom stereocenters. The Kier molecular flexibility index (Phi) is 7.28. The van der Waals surface area contributed by atoms with E-state index in [-0.39, 0.29) is 6.17 Å². The summed E-state index contributed by atoms with van der Waals surface area (Å²) >= 11 is 0. The lowest BCUT2D eigenvalue weighted by Crippen LogP contribution is -2.23. The molecular weight excluding hydrogens is 665 g/mol. The number of anilines is 3. The van der Waals surface area contributed by atoms with Crippen molar-refractivity contribution in [3.63, 3.8) is 0 Å². The van der Waals surface area contributed by atoms with E-state index in [1.165, 1.54) is 93.4 Å². The van der Waals surface area contributed by atoms with Gasteiger partial charge in [0.15, 0.2) is 0 Å². The van der Waals surface area contributed by atoms with Gasteiger partial charge >= 0.3 is 0 Å². The second-order valence-electron chi connectivity index (χ2n) is 14.5. The fourth-order valence-corrected chi connectivity index (χ4v) is 8.95. The monoisotopic (exact) mass is 700 g/mol. The molecule has 1 unspecified atom stereocenters. The maximum atomic E-state index is 3.80. The Labute approximate surface area is 320 Å². The van der Waals surface area contributed by atoms with E-state index in [1.807, 2.05) is 0 Å². The molecule has 0 saturated heterocycles. The topological polar surface area (TPSA) is 15.3 Å². The molecule has 0 amide bonds. The van der Waals surface area contributed by atoms with Crippen LogP contribution in [0.5, 0.6) is 0 Å². The molecule has 2 nitrogen and oxygen atoms in total. The molecule has 10 aromatic carbocycles. The number of rotatable bonds is 5. The summed E-state index contributed by atoms with van der Waals surface area (Å²) < 4.78 is 0. The van der Waals surface area contributed by atoms with E-state index in [1.54, 1.807) is 0 Å². The first-order valence-electron chi connectivity index (χ1n) is 19.1. The van der Waals surface area contributed by atoms with Crippen LogP contribution >= 0.6 is 0 Å². The first-order valence-corrected chi connectivity index (χ1v) is 19.1. The Bertz CT molecular complexity index is 3060. The Morgan fingerprint density at radius 1 is 0.364 bits per heavy atom. The summed E-state index contributed by atoms with van der Waals surface area (Å²) in [6.45, 7) is 0. The highest BCUT2D eigenvalue weighted by atomic mass is 15.3. The van der Waals surface area contributed by atoms with Crippen LogP contribution < -0.4 is 10.2 Å². The molecule has 1 heterocycles. The Balaban J connectivity index is 1.12. The van der Waals surface area contributed by atoms with Crippen LogP contribution in [0.25, 0.3) is 76.5 Å². The predicted molar refractivity (Wildman–Crippen MR) is 234 cm³/mol. The van der Waals surface area contributed by atoms with Crippen molar-refractivity contribution in [3.05, 3.63) is 212 Å². The summed E-state index contributed by atoms with van der Waals surface area (Å²) in [5, 5.41) is 13.8. The molecule has 55 heavy (non-hydrogen) atoms. The van der Waals surface area contributed by atoms with Gasteiger partial charge in [0, 0.05) is 5.69 Å². The van der Waals surface area contributed by atoms with Crippen molar-refractivity contribution >= 4 is 60.2 Å². The van der Waals surface area contributed by atoms with E-state index in [0.29, 0.717) is 0 Å². The molecular formula is C53H36N2. The van der Waals surface area contributed by atoms with Gasteiger partial charge in [0.05, 0.1) is 11.4 Å². The smallest absolute Gasteiger partial charge is 0.130 e. The number of hydrogen-bond donors (Lipinski definition) is 1. The molecule has 10 aromatic rings. The predicted octanol–water partition coefficient (Wildman–Crippen LogP) is 14.6. The summed E-state index contributed by atoms with van der Waals surface area (Å²) in [5.74, 6) is 0. The maximum Gasteiger partial charge on any atom is 0.130 e. The summed E-state index contributed by atoms with van der Waals surface area (Å²) in [6, 6.07) is 75.4. The van der Waals surface area contributed by atoms with Crippen molar-refractivity contribution in [3.8, 4) is 33.4 Å². The average Bonchev–Trinajstić information content (AvgIpc) is 3.65. The number of fused-ring (bicyclic) bond motifs is 5. The van der Waals surface area contributed by atoms with Gasteiger partial charge in [-0.1, -0.05) is 176 Å². The molecule has 0 saturated carbocycles. The number of para-hydroxylation sites is 3. The Hall–Kier alpha value is -7.16. The standard InChI is InChI=1S/C53H36N2/c1-2-18-40(19-3-1)55-50-27-11-10-26-49(50)54-53(55)38-30-28-35(29-31-38)39-32-33-47-48(34-39)52(44-25-13-17-37-15-5-7-21-42(37)44)46-23-9-8-22-45(46)51(47)43-24-12-16-36-14-4-6-20-41(36)43/h1-34,53-54H. The van der Waals surface area contributed by atoms with Gasteiger partial charge in [-0.3, -0.25) is 0 Å². The second kappa shape index (κ2) is 12.8. The quantitative estimate of drug-likeness (QED) is 0.180. The van der Waals surface area contributed by atoms with Gasteiger partial charge in [-0.05, 0) is 112 Å². The Morgan fingerprint density at radius 3 is 1.55 bits per heavy atom. The van der Waals surface area contributed by atoms with Crippen LogP contribution in [-0.4, -0.2) is 0 Å². The minimum Gasteiger partial charge on any atom is -0.359 e. The highest BCUT2D eigenvalue weighted by Crippen LogP contribution is 2.49. The first-order chi connectivity index (χ1) is 27.3. The lowest BCUT2D eigenvalue weighted by atomic mass is 9.83. The van der Waals surface area contributed by atoms with E-state index in [9.17, 15) is 0 Å². The van der Waals surface area contributed by atoms with Crippen molar-refractivity contribution < 1.29 is 0 Å². The van der Waals surface area contributed by atoms with Crippen molar-refractivity contribution in [2.45, 2.75) is 6.17 Å². The van der Waals surface area contributed by atoms with Crippen molar-refractivity contribution in [2.75, 3.05) is 10.2 Å². The lowest BCUT2D eigenvalue weighted by molar-refractivity contribution is 0.828. The third-order valence-electron chi connectivity index (χ3n) is 11.5. The summed E-state index contributed by atoms with van der Waals surface area (Å²) in [7, 11) is 0. The van der Waals surface area contributed by atoms with Gasteiger partial charge in [0.1, 0.15) is 6.17 Å². The largest absolute Gasteiger partial charge is 0.359 e. The summed E-state index contributed by atoms with van der Waals surface area (Å²) in [4.78, 5) is 2.40. The summed E-state index contributed by atoms with van der Waals surface area (Å²) in [6.07, 6.45) is -0.0157. The highest BCUT2D eigenvalue weighted by molar-refractivity contribution is 6.25. The van der Waals surface area contributed by atoms with Crippen LogP contribution in [-0.2, 0) is 0 Å². The fraction of sp³-hybridized carbons (Fsp3) is 0.0189. The van der Waals surface area contributed by atoms with Crippen LogP contribution in [0.15, 0.2) is 206 Å². The minimum absolute atomic E-state index is 0.0157. The number of benzene rings is 10. The van der Waals surface area contributed by atoms with Gasteiger partial charge in [-0.25, -0.2) is 0 Å². The van der Waals surface area contributed by atoms with Crippen molar-refractivity contribution in [2.24, 2.45) is 0 Å². The minimum atomic E-state index is -0.0157. The van der Waals surface area contributed by atoms with Crippen molar-refractivity contribution in [1.82, 2.24) is 0 Å². The van der Waals surface area contributed by atoms with Crippen molar-refractivity contribution in [1.29, 1.82) is 0 Å². The van der Waals surface area contributed by atoms with Crippen LogP contribution in [0.4, 0.5) is 17.1 Å². The zero-order chi connectivity index (χ0) is 36.3. The molecule has 2 heteroatoms. The molecule has 258 valence electrons. The SMILES string of the molecule is c1ccc(N2c3ccccc3NC2c2ccc(-c3ccc4c(-c5cccc6ccccc56)c5ccccc5c(-c5cccc6ccccc56)c4c3)cc2)cc1. The third-order valence-corrected chi connectivity index (χ3v) is 11.5. The van der Waals surface area contributed by atoms with E-state index in [4.69, 9.17) is 0 Å².